The summed E-state index contributed by atoms with van der Waals surface area (Å²) < 4.78 is 55.2. The highest BCUT2D eigenvalue weighted by Gasteiger charge is 2.28. The zero-order chi connectivity index (χ0) is 14.8. The quantitative estimate of drug-likeness (QED) is 0.582. The first-order valence-corrected chi connectivity index (χ1v) is 8.68. The molecule has 108 valence electrons. The summed E-state index contributed by atoms with van der Waals surface area (Å²) in [5.41, 5.74) is 1.09. The van der Waals surface area contributed by atoms with E-state index in [1.54, 1.807) is 10.9 Å². The number of anilines is 1. The van der Waals surface area contributed by atoms with E-state index in [1.807, 2.05) is 0 Å². The van der Waals surface area contributed by atoms with Gasteiger partial charge in [-0.3, -0.25) is 4.55 Å². The molecule has 2 aromatic rings. The molecule has 0 radical (unpaired) electrons. The summed E-state index contributed by atoms with van der Waals surface area (Å²) in [6.07, 6.45) is 0. The predicted octanol–water partition coefficient (Wildman–Crippen LogP) is 0.0408. The topological polar surface area (TPSA) is 130 Å². The van der Waals surface area contributed by atoms with E-state index in [4.69, 9.17) is 4.55 Å². The van der Waals surface area contributed by atoms with Crippen molar-refractivity contribution in [2.45, 2.75) is 4.34 Å². The summed E-state index contributed by atoms with van der Waals surface area (Å²) >= 11 is 0.702. The normalized spacial score (nSPS) is 12.2. The molecule has 0 saturated heterocycles. The maximum Gasteiger partial charge on any atom is 0.374 e. The summed E-state index contributed by atoms with van der Waals surface area (Å²) in [4.78, 5) is 1.73. The first kappa shape index (κ1) is 14.8. The van der Waals surface area contributed by atoms with Gasteiger partial charge < -0.3 is 0 Å². The molecule has 12 heteroatoms. The van der Waals surface area contributed by atoms with Crippen LogP contribution in [0.3, 0.4) is 0 Å². The molecule has 2 rings (SSSR count). The maximum absolute atomic E-state index is 11.9. The Kier molecular flexibility index (Phi) is 4.01. The molecular weight excluding hydrogens is 328 g/mol. The lowest BCUT2D eigenvalue weighted by atomic mass is 10.3. The van der Waals surface area contributed by atoms with Gasteiger partial charge in [-0.05, 0) is 12.1 Å². The second kappa shape index (κ2) is 5.41. The molecule has 1 heterocycles. The van der Waals surface area contributed by atoms with Gasteiger partial charge in [-0.1, -0.05) is 29.5 Å². The number of para-hydroxylation sites is 1. The van der Waals surface area contributed by atoms with Crippen molar-refractivity contribution in [1.29, 1.82) is 0 Å². The molecule has 0 aliphatic rings. The molecule has 0 saturated carbocycles. The number of nitrogens with zero attached hydrogens (tertiary/aromatic N) is 3. The van der Waals surface area contributed by atoms with Crippen molar-refractivity contribution in [1.82, 2.24) is 15.0 Å². The fourth-order valence-corrected chi connectivity index (χ4v) is 3.87. The Bertz CT molecular complexity index is 773. The lowest BCUT2D eigenvalue weighted by Gasteiger charge is -2.20. The van der Waals surface area contributed by atoms with Gasteiger partial charge in [-0.25, -0.2) is 8.42 Å². The van der Waals surface area contributed by atoms with Gasteiger partial charge in [0.2, 0.25) is 4.34 Å². The molecule has 0 aliphatic carbocycles. The molecular formula is C8H8N4O5S3. The van der Waals surface area contributed by atoms with Crippen molar-refractivity contribution in [2.24, 2.45) is 0 Å². The molecule has 0 fully saturated rings. The van der Waals surface area contributed by atoms with E-state index in [0.717, 1.165) is 0 Å². The molecule has 1 aromatic heterocycles. The van der Waals surface area contributed by atoms with Gasteiger partial charge in [0.15, 0.2) is 0 Å². The molecule has 0 bridgehead atoms. The summed E-state index contributed by atoms with van der Waals surface area (Å²) in [5.74, 6) is 0. The lowest BCUT2D eigenvalue weighted by Crippen LogP contribution is -2.46. The van der Waals surface area contributed by atoms with Crippen molar-refractivity contribution < 1.29 is 21.4 Å². The Morgan fingerprint density at radius 3 is 2.30 bits per heavy atom. The molecule has 0 aliphatic heterocycles. The van der Waals surface area contributed by atoms with E-state index in [-0.39, 0.29) is 10.1 Å². The summed E-state index contributed by atoms with van der Waals surface area (Å²) in [5, 5.41) is 6.68. The van der Waals surface area contributed by atoms with Crippen molar-refractivity contribution in [2.75, 3.05) is 4.41 Å². The van der Waals surface area contributed by atoms with Crippen LogP contribution in [0.1, 0.15) is 0 Å². The molecule has 0 unspecified atom stereocenters. The van der Waals surface area contributed by atoms with Crippen LogP contribution in [0, 0.1) is 0 Å². The Balaban J connectivity index is 2.41. The lowest BCUT2D eigenvalue weighted by molar-refractivity contribution is 0.473. The first-order valence-electron chi connectivity index (χ1n) is 4.92. The second-order valence-electron chi connectivity index (χ2n) is 3.38. The minimum Gasteiger partial charge on any atom is -0.268 e. The van der Waals surface area contributed by atoms with Crippen molar-refractivity contribution in [3.8, 4) is 0 Å². The average molecular weight is 336 g/mol. The molecule has 2 N–H and O–H groups in total. The predicted molar refractivity (Wildman–Crippen MR) is 70.7 cm³/mol. The Morgan fingerprint density at radius 2 is 1.80 bits per heavy atom. The fourth-order valence-electron chi connectivity index (χ4n) is 1.22. The van der Waals surface area contributed by atoms with Gasteiger partial charge in [0, 0.05) is 0 Å². The number of benzene rings is 1. The van der Waals surface area contributed by atoms with E-state index in [1.165, 1.54) is 29.8 Å². The standard InChI is InChI=1S/C8H8N4O5S3/c13-19(14,8-10-9-6-18-8)11-12(20(15,16)17)7-4-2-1-3-5-7/h1-6,11H,(H,15,16,17). The third kappa shape index (κ3) is 3.29. The number of aromatic nitrogens is 2. The van der Waals surface area contributed by atoms with E-state index < -0.39 is 24.7 Å². The highest BCUT2D eigenvalue weighted by Crippen LogP contribution is 2.17. The summed E-state index contributed by atoms with van der Waals surface area (Å²) in [7, 11) is -9.11. The van der Waals surface area contributed by atoms with Gasteiger partial charge >= 0.3 is 10.3 Å². The van der Waals surface area contributed by atoms with Gasteiger partial charge in [0.25, 0.3) is 10.0 Å². The number of sulfonamides is 1. The minimum absolute atomic E-state index is 0.0805. The Morgan fingerprint density at radius 1 is 1.15 bits per heavy atom. The van der Waals surface area contributed by atoms with E-state index >= 15 is 0 Å². The fraction of sp³-hybridized carbons (Fsp3) is 0. The van der Waals surface area contributed by atoms with Gasteiger partial charge in [0.05, 0.1) is 5.69 Å². The Labute approximate surface area is 118 Å². The van der Waals surface area contributed by atoms with Crippen LogP contribution in [0.4, 0.5) is 5.69 Å². The highest BCUT2D eigenvalue weighted by atomic mass is 32.3. The van der Waals surface area contributed by atoms with Crippen LogP contribution < -0.4 is 9.25 Å². The molecule has 9 nitrogen and oxygen atoms in total. The highest BCUT2D eigenvalue weighted by molar-refractivity contribution is 7.93. The summed E-state index contributed by atoms with van der Waals surface area (Å²) in [6, 6.07) is 7.16. The van der Waals surface area contributed by atoms with Crippen molar-refractivity contribution in [3.63, 3.8) is 0 Å². The molecule has 0 atom stereocenters. The number of rotatable bonds is 5. The molecule has 1 aromatic carbocycles. The van der Waals surface area contributed by atoms with Gasteiger partial charge in [-0.15, -0.1) is 15.0 Å². The minimum atomic E-state index is -4.84. The zero-order valence-corrected chi connectivity index (χ0v) is 12.1. The van der Waals surface area contributed by atoms with Gasteiger partial charge in [-0.2, -0.15) is 12.8 Å². The summed E-state index contributed by atoms with van der Waals surface area (Å²) in [6.45, 7) is 0. The van der Waals surface area contributed by atoms with Crippen molar-refractivity contribution >= 4 is 37.4 Å². The van der Waals surface area contributed by atoms with Crippen molar-refractivity contribution in [3.05, 3.63) is 35.8 Å². The second-order valence-corrected chi connectivity index (χ2v) is 7.31. The van der Waals surface area contributed by atoms with E-state index in [2.05, 4.69) is 10.2 Å². The number of hydrogen-bond acceptors (Lipinski definition) is 7. The van der Waals surface area contributed by atoms with Crippen LogP contribution >= 0.6 is 11.3 Å². The SMILES string of the molecule is O=S(=O)(NN(c1ccccc1)S(=O)(=O)O)c1nncs1. The van der Waals surface area contributed by atoms with Crippen LogP contribution in [0.5, 0.6) is 0 Å². The average Bonchev–Trinajstić information content (AvgIpc) is 2.90. The molecule has 20 heavy (non-hydrogen) atoms. The Hall–Kier alpha value is -1.60. The largest absolute Gasteiger partial charge is 0.374 e. The van der Waals surface area contributed by atoms with Crippen LogP contribution in [0.25, 0.3) is 0 Å². The number of hydrogen-bond donors (Lipinski definition) is 2. The van der Waals surface area contributed by atoms with E-state index in [9.17, 15) is 16.8 Å². The van der Waals surface area contributed by atoms with E-state index in [0.29, 0.717) is 11.3 Å². The monoisotopic (exact) mass is 336 g/mol. The zero-order valence-electron chi connectivity index (χ0n) is 9.61. The molecule has 0 spiro atoms. The van der Waals surface area contributed by atoms with Crippen LogP contribution in [-0.4, -0.2) is 31.6 Å². The van der Waals surface area contributed by atoms with Crippen LogP contribution in [-0.2, 0) is 20.3 Å². The number of hydrazine groups is 1. The third-order valence-corrected chi connectivity index (χ3v) is 5.27. The van der Waals surface area contributed by atoms with Crippen LogP contribution in [0.2, 0.25) is 0 Å². The smallest absolute Gasteiger partial charge is 0.268 e. The first-order chi connectivity index (χ1) is 9.31. The van der Waals surface area contributed by atoms with Gasteiger partial charge in [0.1, 0.15) is 5.51 Å². The maximum atomic E-state index is 11.9. The molecule has 0 amide bonds. The third-order valence-electron chi connectivity index (χ3n) is 1.99. The number of nitrogens with one attached hydrogen (secondary N) is 1. The van der Waals surface area contributed by atoms with Crippen LogP contribution in [0.15, 0.2) is 40.2 Å².